The molecule has 10 rings (SSSR count). The van der Waals surface area contributed by atoms with Gasteiger partial charge in [0.25, 0.3) is 0 Å². The van der Waals surface area contributed by atoms with Gasteiger partial charge in [-0.3, -0.25) is 0 Å². The Hall–Kier alpha value is -0.260. The van der Waals surface area contributed by atoms with Crippen LogP contribution in [0.2, 0.25) is 0 Å². The van der Waals surface area contributed by atoms with Crippen molar-refractivity contribution < 1.29 is 0 Å². The van der Waals surface area contributed by atoms with Crippen LogP contribution >= 0.6 is 0 Å². The Bertz CT molecular complexity index is 720. The second-order valence-corrected chi connectivity index (χ2v) is 12.6. The van der Waals surface area contributed by atoms with E-state index in [2.05, 4.69) is 12.2 Å². The fourth-order valence-corrected chi connectivity index (χ4v) is 13.1. The van der Waals surface area contributed by atoms with E-state index in [-0.39, 0.29) is 0 Å². The second-order valence-electron chi connectivity index (χ2n) is 12.6. The SMILES string of the molecule is C1=CC2CC1C1C3C4CC56CC3C5C3CC5CCC(C5)C(C4C21)C6C3. The Labute approximate surface area is 152 Å². The number of rotatable bonds is 0. The molecule has 25 heavy (non-hydrogen) atoms. The van der Waals surface area contributed by atoms with E-state index in [1.807, 2.05) is 0 Å². The number of hydrogen-bond acceptors (Lipinski definition) is 0. The summed E-state index contributed by atoms with van der Waals surface area (Å²) in [7, 11) is 0. The van der Waals surface area contributed by atoms with Crippen molar-refractivity contribution >= 4 is 0 Å². The van der Waals surface area contributed by atoms with Crippen LogP contribution in [-0.4, -0.2) is 0 Å². The van der Waals surface area contributed by atoms with E-state index >= 15 is 0 Å². The largest absolute Gasteiger partial charge is 0.0848 e. The van der Waals surface area contributed by atoms with Crippen molar-refractivity contribution in [1.82, 2.24) is 0 Å². The van der Waals surface area contributed by atoms with Crippen LogP contribution in [0.4, 0.5) is 0 Å². The maximum Gasteiger partial charge on any atom is -0.0194 e. The van der Waals surface area contributed by atoms with E-state index < -0.39 is 0 Å². The first kappa shape index (κ1) is 13.0. The molecule has 0 nitrogen and oxygen atoms in total. The number of allylic oxidation sites excluding steroid dienone is 2. The average Bonchev–Trinajstić information content (AvgIpc) is 3.36. The Morgan fingerprint density at radius 1 is 0.640 bits per heavy atom. The Balaban J connectivity index is 1.31. The van der Waals surface area contributed by atoms with Gasteiger partial charge in [0.2, 0.25) is 0 Å². The highest BCUT2D eigenvalue weighted by Gasteiger charge is 2.80. The molecule has 1 spiro atoms. The molecule has 132 valence electrons. The van der Waals surface area contributed by atoms with Crippen molar-refractivity contribution in [1.29, 1.82) is 0 Å². The summed E-state index contributed by atoms with van der Waals surface area (Å²) in [4.78, 5) is 0. The van der Waals surface area contributed by atoms with Crippen LogP contribution in [0, 0.1) is 88.3 Å². The number of hydrogen-bond donors (Lipinski definition) is 0. The van der Waals surface area contributed by atoms with Gasteiger partial charge in [-0.1, -0.05) is 18.6 Å². The second kappa shape index (κ2) is 3.68. The molecule has 0 heteroatoms. The standard InChI is InChI=1S/C25H32/c1-2-12-5-11(1)6-15-8-18-19(12)23-16-9-25(18)10-17(24(15)25)22(16)20-13-3-4-14(7-13)21(20)23/h3-4,11-24H,1-2,5-10H2. The first-order valence-corrected chi connectivity index (χ1v) is 12.0. The minimum absolute atomic E-state index is 0.910. The average molecular weight is 333 g/mol. The molecule has 0 aromatic rings. The lowest BCUT2D eigenvalue weighted by Gasteiger charge is -2.70. The third-order valence-electron chi connectivity index (χ3n) is 12.8. The summed E-state index contributed by atoms with van der Waals surface area (Å²) in [6, 6.07) is 0. The molecule has 9 fully saturated rings. The van der Waals surface area contributed by atoms with E-state index in [0.717, 1.165) is 35.0 Å². The summed E-state index contributed by atoms with van der Waals surface area (Å²) in [5.74, 6) is 16.3. The van der Waals surface area contributed by atoms with Gasteiger partial charge in [0.15, 0.2) is 0 Å². The number of fused-ring (bicyclic) bond motifs is 11. The quantitative estimate of drug-likeness (QED) is 0.521. The zero-order valence-corrected chi connectivity index (χ0v) is 15.4. The van der Waals surface area contributed by atoms with Crippen molar-refractivity contribution in [2.45, 2.75) is 51.4 Å². The van der Waals surface area contributed by atoms with Crippen LogP contribution in [-0.2, 0) is 0 Å². The van der Waals surface area contributed by atoms with Crippen LogP contribution in [0.3, 0.4) is 0 Å². The topological polar surface area (TPSA) is 0 Å². The van der Waals surface area contributed by atoms with Gasteiger partial charge in [0.05, 0.1) is 0 Å². The zero-order valence-electron chi connectivity index (χ0n) is 15.4. The summed E-state index contributed by atoms with van der Waals surface area (Å²) in [6.07, 6.45) is 18.7. The molecule has 9 bridgehead atoms. The molecule has 0 aliphatic heterocycles. The Morgan fingerprint density at radius 3 is 2.36 bits per heavy atom. The van der Waals surface area contributed by atoms with Gasteiger partial charge >= 0.3 is 0 Å². The predicted octanol–water partition coefficient (Wildman–Crippen LogP) is 5.40. The van der Waals surface area contributed by atoms with E-state index in [4.69, 9.17) is 0 Å². The first-order chi connectivity index (χ1) is 12.3. The maximum absolute atomic E-state index is 2.71. The molecule has 0 heterocycles. The fraction of sp³-hybridized carbons (Fsp3) is 0.920. The Morgan fingerprint density at radius 2 is 1.44 bits per heavy atom. The summed E-state index contributed by atoms with van der Waals surface area (Å²) in [5, 5.41) is 0. The van der Waals surface area contributed by atoms with Gasteiger partial charge in [-0.15, -0.1) is 0 Å². The minimum atomic E-state index is 0.910. The van der Waals surface area contributed by atoms with Gasteiger partial charge < -0.3 is 0 Å². The van der Waals surface area contributed by atoms with E-state index in [9.17, 15) is 0 Å². The molecule has 15 unspecified atom stereocenters. The van der Waals surface area contributed by atoms with Crippen molar-refractivity contribution in [3.8, 4) is 0 Å². The van der Waals surface area contributed by atoms with Crippen LogP contribution in [0.25, 0.3) is 0 Å². The minimum Gasteiger partial charge on any atom is -0.0848 e. The predicted molar refractivity (Wildman–Crippen MR) is 97.4 cm³/mol. The van der Waals surface area contributed by atoms with Gasteiger partial charge in [-0.2, -0.15) is 0 Å². The smallest absolute Gasteiger partial charge is 0.0194 e. The van der Waals surface area contributed by atoms with Gasteiger partial charge in [0.1, 0.15) is 0 Å². The summed E-state index contributed by atoms with van der Waals surface area (Å²) < 4.78 is 0. The lowest BCUT2D eigenvalue weighted by atomic mass is 9.35. The molecule has 10 aliphatic carbocycles. The summed E-state index contributed by atoms with van der Waals surface area (Å²) in [6.45, 7) is 0. The monoisotopic (exact) mass is 332 g/mol. The third-order valence-corrected chi connectivity index (χ3v) is 12.8. The van der Waals surface area contributed by atoms with Crippen LogP contribution in [0.1, 0.15) is 51.4 Å². The van der Waals surface area contributed by atoms with E-state index in [1.165, 1.54) is 53.3 Å². The van der Waals surface area contributed by atoms with Crippen LogP contribution < -0.4 is 0 Å². The summed E-state index contributed by atoms with van der Waals surface area (Å²) in [5.41, 5.74) is 0.910. The third kappa shape index (κ3) is 1.13. The lowest BCUT2D eigenvalue weighted by Crippen LogP contribution is -2.64. The molecular formula is C25H32. The first-order valence-electron chi connectivity index (χ1n) is 12.0. The van der Waals surface area contributed by atoms with Crippen molar-refractivity contribution in [3.63, 3.8) is 0 Å². The Kier molecular flexibility index (Phi) is 1.92. The van der Waals surface area contributed by atoms with Crippen molar-refractivity contribution in [3.05, 3.63) is 12.2 Å². The molecule has 9 saturated carbocycles. The maximum atomic E-state index is 2.71. The molecule has 0 saturated heterocycles. The van der Waals surface area contributed by atoms with Crippen LogP contribution in [0.5, 0.6) is 0 Å². The molecular weight excluding hydrogens is 300 g/mol. The van der Waals surface area contributed by atoms with Crippen LogP contribution in [0.15, 0.2) is 12.2 Å². The highest BCUT2D eigenvalue weighted by molar-refractivity contribution is 5.31. The zero-order chi connectivity index (χ0) is 15.7. The van der Waals surface area contributed by atoms with E-state index in [0.29, 0.717) is 0 Å². The molecule has 0 amide bonds. The molecule has 0 aromatic heterocycles. The lowest BCUT2D eigenvalue weighted by molar-refractivity contribution is -0.219. The van der Waals surface area contributed by atoms with Crippen molar-refractivity contribution in [2.75, 3.05) is 0 Å². The molecule has 0 radical (unpaired) electrons. The van der Waals surface area contributed by atoms with Crippen molar-refractivity contribution in [2.24, 2.45) is 88.3 Å². The molecule has 0 aromatic carbocycles. The molecule has 15 atom stereocenters. The molecule has 0 N–H and O–H groups in total. The van der Waals surface area contributed by atoms with Gasteiger partial charge in [-0.05, 0) is 133 Å². The fourth-order valence-electron chi connectivity index (χ4n) is 13.1. The van der Waals surface area contributed by atoms with E-state index in [1.54, 1.807) is 51.4 Å². The highest BCUT2D eigenvalue weighted by Crippen LogP contribution is 2.86. The van der Waals surface area contributed by atoms with Gasteiger partial charge in [-0.25, -0.2) is 0 Å². The summed E-state index contributed by atoms with van der Waals surface area (Å²) >= 11 is 0. The highest BCUT2D eigenvalue weighted by atomic mass is 14.8. The normalized spacial score (nSPS) is 77.1. The molecule has 10 aliphatic rings. The van der Waals surface area contributed by atoms with Gasteiger partial charge in [0, 0.05) is 0 Å².